The maximum atomic E-state index is 6.49. The average Bonchev–Trinajstić information content (AvgIpc) is 3.45. The van der Waals surface area contributed by atoms with Crippen molar-refractivity contribution in [3.05, 3.63) is 35.9 Å². The van der Waals surface area contributed by atoms with E-state index in [1.54, 1.807) is 0 Å². The van der Waals surface area contributed by atoms with Gasteiger partial charge in [-0.25, -0.2) is 9.98 Å². The number of ether oxygens (including phenoxy) is 2. The lowest BCUT2D eigenvalue weighted by molar-refractivity contribution is 0.0430. The molecule has 2 aliphatic rings. The molecule has 1 aromatic carbocycles. The molecule has 0 bridgehead atoms. The molecule has 1 fully saturated rings. The third kappa shape index (κ3) is 5.77. The minimum absolute atomic E-state index is 0.375. The molecule has 0 radical (unpaired) electrons. The van der Waals surface area contributed by atoms with Crippen LogP contribution in [0.5, 0.6) is 0 Å². The normalized spacial score (nSPS) is 24.1. The largest absolute Gasteiger partial charge is 0.379 e. The smallest absolute Gasteiger partial charge is 0.200 e. The lowest BCUT2D eigenvalue weighted by atomic mass is 10.1. The summed E-state index contributed by atoms with van der Waals surface area (Å²) in [6, 6.07) is 10.3. The highest BCUT2D eigenvalue weighted by Crippen LogP contribution is 2.24. The van der Waals surface area contributed by atoms with E-state index in [1.807, 2.05) is 30.3 Å². The number of guanidine groups is 1. The van der Waals surface area contributed by atoms with Crippen LogP contribution in [0.2, 0.25) is 0 Å². The number of nitrogens with two attached hydrogens (primary N) is 2. The Kier molecular flexibility index (Phi) is 6.56. The molecule has 0 saturated heterocycles. The van der Waals surface area contributed by atoms with Gasteiger partial charge in [-0.15, -0.1) is 0 Å². The van der Waals surface area contributed by atoms with Gasteiger partial charge in [0.15, 0.2) is 11.7 Å². The Labute approximate surface area is 154 Å². The topological polar surface area (TPSA) is 119 Å². The Morgan fingerprint density at radius 2 is 1.85 bits per heavy atom. The van der Waals surface area contributed by atoms with Gasteiger partial charge in [-0.1, -0.05) is 30.3 Å². The first-order valence-corrected chi connectivity index (χ1v) is 9.11. The molecule has 3 rings (SSSR count). The molecular weight excluding hydrogens is 332 g/mol. The summed E-state index contributed by atoms with van der Waals surface area (Å²) in [6.07, 6.45) is 2.76. The highest BCUT2D eigenvalue weighted by molar-refractivity contribution is 6.10. The Morgan fingerprint density at radius 3 is 2.54 bits per heavy atom. The molecular formula is C18H28N6O2. The van der Waals surface area contributed by atoms with Crippen LogP contribution in [0.1, 0.15) is 24.8 Å². The molecule has 1 aromatic rings. The zero-order valence-corrected chi connectivity index (χ0v) is 15.0. The fourth-order valence-corrected chi connectivity index (χ4v) is 2.54. The van der Waals surface area contributed by atoms with Crippen molar-refractivity contribution in [2.75, 3.05) is 33.0 Å². The third-order valence-corrected chi connectivity index (χ3v) is 4.05. The van der Waals surface area contributed by atoms with Crippen LogP contribution >= 0.6 is 0 Å². The Balaban J connectivity index is 1.61. The Morgan fingerprint density at radius 1 is 1.12 bits per heavy atom. The number of nitrogens with one attached hydrogen (secondary N) is 2. The van der Waals surface area contributed by atoms with Crippen LogP contribution in [0, 0.1) is 0 Å². The lowest BCUT2D eigenvalue weighted by Crippen LogP contribution is -2.63. The number of amidine groups is 1. The van der Waals surface area contributed by atoms with Crippen molar-refractivity contribution >= 4 is 11.8 Å². The van der Waals surface area contributed by atoms with Gasteiger partial charge in [0.2, 0.25) is 0 Å². The minimum Gasteiger partial charge on any atom is -0.379 e. The summed E-state index contributed by atoms with van der Waals surface area (Å²) < 4.78 is 10.9. The fraction of sp³-hybridized carbons (Fsp3) is 0.556. The molecule has 0 aromatic heterocycles. The van der Waals surface area contributed by atoms with Gasteiger partial charge in [0, 0.05) is 18.5 Å². The molecule has 8 heteroatoms. The first-order chi connectivity index (χ1) is 12.7. The van der Waals surface area contributed by atoms with E-state index in [1.165, 1.54) is 0 Å². The van der Waals surface area contributed by atoms with Crippen molar-refractivity contribution in [1.82, 2.24) is 10.6 Å². The molecule has 0 spiro atoms. The van der Waals surface area contributed by atoms with Crippen LogP contribution in [-0.2, 0) is 9.47 Å². The average molecular weight is 360 g/mol. The predicted octanol–water partition coefficient (Wildman–Crippen LogP) is 0.139. The van der Waals surface area contributed by atoms with Gasteiger partial charge in [0.25, 0.3) is 0 Å². The molecule has 142 valence electrons. The summed E-state index contributed by atoms with van der Waals surface area (Å²) in [5.41, 5.74) is 12.8. The first-order valence-electron chi connectivity index (χ1n) is 9.11. The SMILES string of the molecule is NCCOCCOCCC1(N)N=C(c2ccccc2)NC(=NC2CC2)N1. The molecule has 6 N–H and O–H groups in total. The fourth-order valence-electron chi connectivity index (χ4n) is 2.54. The summed E-state index contributed by atoms with van der Waals surface area (Å²) in [5, 5.41) is 6.47. The maximum absolute atomic E-state index is 6.49. The Bertz CT molecular complexity index is 632. The number of hydrogen-bond acceptors (Lipinski definition) is 6. The van der Waals surface area contributed by atoms with E-state index in [0.29, 0.717) is 51.4 Å². The number of hydrogen-bond donors (Lipinski definition) is 4. The molecule has 1 unspecified atom stereocenters. The van der Waals surface area contributed by atoms with Gasteiger partial charge >= 0.3 is 0 Å². The standard InChI is InChI=1S/C18H28N6O2/c19-9-11-26-13-12-25-10-8-18(20)23-16(14-4-2-1-3-5-14)22-17(24-18)21-15-6-7-15/h1-5,15H,6-13,19-20H2,(H2,21,22,23,24). The number of benzene rings is 1. The van der Waals surface area contributed by atoms with Crippen LogP contribution in [0.25, 0.3) is 0 Å². The van der Waals surface area contributed by atoms with Crippen molar-refractivity contribution in [1.29, 1.82) is 0 Å². The monoisotopic (exact) mass is 360 g/mol. The quantitative estimate of drug-likeness (QED) is 0.441. The molecule has 1 aliphatic carbocycles. The van der Waals surface area contributed by atoms with E-state index < -0.39 is 5.79 Å². The lowest BCUT2D eigenvalue weighted by Gasteiger charge is -2.34. The van der Waals surface area contributed by atoms with Crippen molar-refractivity contribution in [3.63, 3.8) is 0 Å². The van der Waals surface area contributed by atoms with E-state index in [2.05, 4.69) is 20.6 Å². The van der Waals surface area contributed by atoms with Gasteiger partial charge in [0.05, 0.1) is 32.5 Å². The van der Waals surface area contributed by atoms with Crippen LogP contribution in [0.15, 0.2) is 40.3 Å². The van der Waals surface area contributed by atoms with Gasteiger partial charge in [-0.3, -0.25) is 5.73 Å². The van der Waals surface area contributed by atoms with Gasteiger partial charge in [-0.05, 0) is 12.8 Å². The summed E-state index contributed by atoms with van der Waals surface area (Å²) in [5.74, 6) is 0.440. The molecule has 1 saturated carbocycles. The molecule has 8 nitrogen and oxygen atoms in total. The van der Waals surface area contributed by atoms with Gasteiger partial charge in [-0.2, -0.15) is 0 Å². The van der Waals surface area contributed by atoms with Crippen molar-refractivity contribution in [2.24, 2.45) is 21.5 Å². The summed E-state index contributed by atoms with van der Waals surface area (Å²) in [7, 11) is 0. The highest BCUT2D eigenvalue weighted by Gasteiger charge is 2.32. The van der Waals surface area contributed by atoms with E-state index in [0.717, 1.165) is 24.2 Å². The first kappa shape index (κ1) is 18.8. The molecule has 26 heavy (non-hydrogen) atoms. The predicted molar refractivity (Wildman–Crippen MR) is 102 cm³/mol. The molecule has 1 aliphatic heterocycles. The van der Waals surface area contributed by atoms with E-state index >= 15 is 0 Å². The van der Waals surface area contributed by atoms with E-state index in [4.69, 9.17) is 20.9 Å². The summed E-state index contributed by atoms with van der Waals surface area (Å²) in [4.78, 5) is 9.33. The van der Waals surface area contributed by atoms with Gasteiger partial charge < -0.3 is 25.8 Å². The van der Waals surface area contributed by atoms with Crippen LogP contribution < -0.4 is 22.1 Å². The van der Waals surface area contributed by atoms with Crippen molar-refractivity contribution in [2.45, 2.75) is 31.1 Å². The van der Waals surface area contributed by atoms with Crippen LogP contribution in [-0.4, -0.2) is 56.6 Å². The number of aliphatic imine (C=N–C) groups is 2. The second kappa shape index (κ2) is 9.09. The van der Waals surface area contributed by atoms with Crippen LogP contribution in [0.3, 0.4) is 0 Å². The second-order valence-electron chi connectivity index (χ2n) is 6.47. The summed E-state index contributed by atoms with van der Waals surface area (Å²) in [6.45, 7) is 2.56. The van der Waals surface area contributed by atoms with E-state index in [-0.39, 0.29) is 0 Å². The minimum atomic E-state index is -0.956. The van der Waals surface area contributed by atoms with Crippen molar-refractivity contribution in [3.8, 4) is 0 Å². The third-order valence-electron chi connectivity index (χ3n) is 4.05. The second-order valence-corrected chi connectivity index (χ2v) is 6.47. The molecule has 1 heterocycles. The van der Waals surface area contributed by atoms with Crippen LogP contribution in [0.4, 0.5) is 0 Å². The summed E-state index contributed by atoms with van der Waals surface area (Å²) >= 11 is 0. The maximum Gasteiger partial charge on any atom is 0.200 e. The number of rotatable bonds is 10. The van der Waals surface area contributed by atoms with Crippen molar-refractivity contribution < 1.29 is 9.47 Å². The zero-order valence-electron chi connectivity index (χ0n) is 15.0. The zero-order chi connectivity index (χ0) is 18.2. The van der Waals surface area contributed by atoms with Gasteiger partial charge in [0.1, 0.15) is 5.84 Å². The Hall–Kier alpha value is -2.00. The highest BCUT2D eigenvalue weighted by atomic mass is 16.5. The molecule has 1 atom stereocenters. The number of nitrogens with zero attached hydrogens (tertiary/aromatic N) is 2. The van der Waals surface area contributed by atoms with E-state index in [9.17, 15) is 0 Å². The molecule has 0 amide bonds.